The highest BCUT2D eigenvalue weighted by atomic mass is 32.2. The summed E-state index contributed by atoms with van der Waals surface area (Å²) in [7, 11) is -0.790. The fourth-order valence-electron chi connectivity index (χ4n) is 2.53. The first kappa shape index (κ1) is 17.4. The van der Waals surface area contributed by atoms with E-state index in [0.29, 0.717) is 23.0 Å². The van der Waals surface area contributed by atoms with E-state index in [0.717, 1.165) is 5.56 Å². The normalized spacial score (nSPS) is 14.2. The van der Waals surface area contributed by atoms with E-state index in [-0.39, 0.29) is 11.7 Å². The SMILES string of the molecule is COc1ccc(S(=O)(=O)NC(C)c2ccc3c(c2)OCO3)cc1OC. The van der Waals surface area contributed by atoms with Crippen LogP contribution >= 0.6 is 0 Å². The van der Waals surface area contributed by atoms with Gasteiger partial charge in [-0.15, -0.1) is 0 Å². The molecule has 1 aliphatic rings. The zero-order valence-electron chi connectivity index (χ0n) is 14.1. The van der Waals surface area contributed by atoms with E-state index in [2.05, 4.69) is 4.72 Å². The van der Waals surface area contributed by atoms with Crippen molar-refractivity contribution >= 4 is 10.0 Å². The Morgan fingerprint density at radius 1 is 1.00 bits per heavy atom. The van der Waals surface area contributed by atoms with Gasteiger partial charge in [0.25, 0.3) is 0 Å². The Bertz CT molecular complexity index is 881. The van der Waals surface area contributed by atoms with Gasteiger partial charge in [-0.05, 0) is 36.8 Å². The lowest BCUT2D eigenvalue weighted by atomic mass is 10.1. The number of methoxy groups -OCH3 is 2. The maximum absolute atomic E-state index is 12.7. The molecule has 0 bridgehead atoms. The topological polar surface area (TPSA) is 83.1 Å². The van der Waals surface area contributed by atoms with E-state index in [4.69, 9.17) is 18.9 Å². The van der Waals surface area contributed by atoms with Crippen molar-refractivity contribution in [3.63, 3.8) is 0 Å². The maximum Gasteiger partial charge on any atom is 0.241 e. The average molecular weight is 365 g/mol. The van der Waals surface area contributed by atoms with Gasteiger partial charge in [0.05, 0.1) is 19.1 Å². The molecule has 0 saturated carbocycles. The van der Waals surface area contributed by atoms with Crippen molar-refractivity contribution < 1.29 is 27.4 Å². The molecule has 1 heterocycles. The zero-order chi connectivity index (χ0) is 18.0. The number of hydrogen-bond donors (Lipinski definition) is 1. The summed E-state index contributed by atoms with van der Waals surface area (Å²) in [6.07, 6.45) is 0. The molecule has 1 unspecified atom stereocenters. The van der Waals surface area contributed by atoms with Gasteiger partial charge in [-0.2, -0.15) is 0 Å². The number of nitrogens with one attached hydrogen (secondary N) is 1. The average Bonchev–Trinajstić information content (AvgIpc) is 3.08. The van der Waals surface area contributed by atoms with Crippen molar-refractivity contribution in [2.45, 2.75) is 17.9 Å². The number of ether oxygens (including phenoxy) is 4. The lowest BCUT2D eigenvalue weighted by Gasteiger charge is -2.16. The summed E-state index contributed by atoms with van der Waals surface area (Å²) >= 11 is 0. The van der Waals surface area contributed by atoms with Crippen molar-refractivity contribution in [3.05, 3.63) is 42.0 Å². The minimum absolute atomic E-state index is 0.0951. The molecule has 0 aliphatic carbocycles. The molecular weight excluding hydrogens is 346 g/mol. The largest absolute Gasteiger partial charge is 0.493 e. The molecule has 0 aromatic heterocycles. The molecule has 134 valence electrons. The predicted octanol–water partition coefficient (Wildman–Crippen LogP) is 2.47. The highest BCUT2D eigenvalue weighted by molar-refractivity contribution is 7.89. The van der Waals surface area contributed by atoms with Crippen molar-refractivity contribution in [1.29, 1.82) is 0 Å². The molecule has 0 spiro atoms. The van der Waals surface area contributed by atoms with Crippen LogP contribution in [0.25, 0.3) is 0 Å². The molecule has 8 heteroatoms. The first-order valence-corrected chi connectivity index (χ1v) is 9.07. The zero-order valence-corrected chi connectivity index (χ0v) is 14.9. The number of sulfonamides is 1. The molecule has 1 atom stereocenters. The van der Waals surface area contributed by atoms with E-state index in [9.17, 15) is 8.42 Å². The Labute approximate surface area is 146 Å². The van der Waals surface area contributed by atoms with Crippen LogP contribution in [0.5, 0.6) is 23.0 Å². The lowest BCUT2D eigenvalue weighted by molar-refractivity contribution is 0.174. The fourth-order valence-corrected chi connectivity index (χ4v) is 3.78. The predicted molar refractivity (Wildman–Crippen MR) is 90.8 cm³/mol. The van der Waals surface area contributed by atoms with Crippen LogP contribution in [-0.4, -0.2) is 29.4 Å². The highest BCUT2D eigenvalue weighted by Crippen LogP contribution is 2.35. The lowest BCUT2D eigenvalue weighted by Crippen LogP contribution is -2.26. The number of hydrogen-bond acceptors (Lipinski definition) is 6. The second kappa shape index (κ2) is 6.81. The summed E-state index contributed by atoms with van der Waals surface area (Å²) in [4.78, 5) is 0.0951. The molecule has 1 N–H and O–H groups in total. The standard InChI is InChI=1S/C17H19NO6S/c1-11(12-4-6-15-17(8-12)24-10-23-15)18-25(19,20)13-5-7-14(21-2)16(9-13)22-3/h4-9,11,18H,10H2,1-3H3. The van der Waals surface area contributed by atoms with Gasteiger partial charge in [-0.1, -0.05) is 6.07 Å². The highest BCUT2D eigenvalue weighted by Gasteiger charge is 2.22. The second-order valence-electron chi connectivity index (χ2n) is 5.47. The van der Waals surface area contributed by atoms with Gasteiger partial charge in [0, 0.05) is 12.1 Å². The number of benzene rings is 2. The summed E-state index contributed by atoms with van der Waals surface area (Å²) in [5.74, 6) is 2.07. The molecule has 7 nitrogen and oxygen atoms in total. The quantitative estimate of drug-likeness (QED) is 0.847. The Morgan fingerprint density at radius 3 is 2.44 bits per heavy atom. The molecule has 0 saturated heterocycles. The van der Waals surface area contributed by atoms with Gasteiger partial charge < -0.3 is 18.9 Å². The van der Waals surface area contributed by atoms with Crippen molar-refractivity contribution in [1.82, 2.24) is 4.72 Å². The minimum Gasteiger partial charge on any atom is -0.493 e. The van der Waals surface area contributed by atoms with Crippen LogP contribution < -0.4 is 23.7 Å². The van der Waals surface area contributed by atoms with Gasteiger partial charge in [0.1, 0.15) is 0 Å². The van der Waals surface area contributed by atoms with Crippen LogP contribution in [0.2, 0.25) is 0 Å². The van der Waals surface area contributed by atoms with Crippen molar-refractivity contribution in [2.24, 2.45) is 0 Å². The van der Waals surface area contributed by atoms with Crippen molar-refractivity contribution in [2.75, 3.05) is 21.0 Å². The first-order chi connectivity index (χ1) is 11.9. The van der Waals surface area contributed by atoms with Gasteiger partial charge >= 0.3 is 0 Å². The molecule has 2 aromatic rings. The summed E-state index contributed by atoms with van der Waals surface area (Å²) in [6.45, 7) is 1.93. The smallest absolute Gasteiger partial charge is 0.241 e. The molecule has 3 rings (SSSR count). The third-order valence-electron chi connectivity index (χ3n) is 3.89. The van der Waals surface area contributed by atoms with E-state index in [1.165, 1.54) is 26.4 Å². The fraction of sp³-hybridized carbons (Fsp3) is 0.294. The summed E-state index contributed by atoms with van der Waals surface area (Å²) < 4.78 is 48.8. The van der Waals surface area contributed by atoms with E-state index in [1.807, 2.05) is 0 Å². The van der Waals surface area contributed by atoms with Gasteiger partial charge in [-0.25, -0.2) is 13.1 Å². The molecule has 2 aromatic carbocycles. The van der Waals surface area contributed by atoms with E-state index >= 15 is 0 Å². The van der Waals surface area contributed by atoms with Crippen LogP contribution in [0, 0.1) is 0 Å². The van der Waals surface area contributed by atoms with Crippen molar-refractivity contribution in [3.8, 4) is 23.0 Å². The third-order valence-corrected chi connectivity index (χ3v) is 5.43. The third kappa shape index (κ3) is 3.49. The second-order valence-corrected chi connectivity index (χ2v) is 7.19. The summed E-state index contributed by atoms with van der Waals surface area (Å²) in [5.41, 5.74) is 0.772. The number of fused-ring (bicyclic) bond motifs is 1. The molecule has 25 heavy (non-hydrogen) atoms. The monoisotopic (exact) mass is 365 g/mol. The van der Waals surface area contributed by atoms with Crippen LogP contribution in [0.1, 0.15) is 18.5 Å². The Balaban J connectivity index is 1.83. The Kier molecular flexibility index (Phi) is 4.73. The molecule has 0 fully saturated rings. The minimum atomic E-state index is -3.74. The summed E-state index contributed by atoms with van der Waals surface area (Å²) in [5, 5.41) is 0. The van der Waals surface area contributed by atoms with Gasteiger partial charge in [0.2, 0.25) is 16.8 Å². The molecule has 1 aliphatic heterocycles. The molecule has 0 radical (unpaired) electrons. The molecular formula is C17H19NO6S. The van der Waals surface area contributed by atoms with Crippen LogP contribution in [0.3, 0.4) is 0 Å². The Morgan fingerprint density at radius 2 is 1.72 bits per heavy atom. The van der Waals surface area contributed by atoms with E-state index < -0.39 is 16.1 Å². The Hall–Kier alpha value is -2.45. The van der Waals surface area contributed by atoms with Crippen LogP contribution in [0.4, 0.5) is 0 Å². The van der Waals surface area contributed by atoms with Gasteiger partial charge in [0.15, 0.2) is 23.0 Å². The summed E-state index contributed by atoms with van der Waals surface area (Å²) in [6, 6.07) is 9.33. The number of rotatable bonds is 6. The first-order valence-electron chi connectivity index (χ1n) is 7.58. The van der Waals surface area contributed by atoms with Gasteiger partial charge in [-0.3, -0.25) is 0 Å². The van der Waals surface area contributed by atoms with Crippen LogP contribution in [-0.2, 0) is 10.0 Å². The molecule has 0 amide bonds. The maximum atomic E-state index is 12.7. The van der Waals surface area contributed by atoms with Crippen LogP contribution in [0.15, 0.2) is 41.3 Å². The van der Waals surface area contributed by atoms with E-state index in [1.54, 1.807) is 31.2 Å².